The van der Waals surface area contributed by atoms with Gasteiger partial charge < -0.3 is 10.1 Å². The second kappa shape index (κ2) is 8.26. The van der Waals surface area contributed by atoms with E-state index >= 15 is 0 Å². The normalized spacial score (nSPS) is 10.2. The first-order valence-electron chi connectivity index (χ1n) is 8.02. The number of carbonyl (C=O) groups is 2. The van der Waals surface area contributed by atoms with Gasteiger partial charge in [-0.1, -0.05) is 30.3 Å². The van der Waals surface area contributed by atoms with Crippen molar-refractivity contribution < 1.29 is 14.3 Å². The van der Waals surface area contributed by atoms with Crippen LogP contribution in [-0.2, 0) is 4.74 Å². The van der Waals surface area contributed by atoms with E-state index in [1.54, 1.807) is 31.2 Å². The Kier molecular flexibility index (Phi) is 5.60. The lowest BCUT2D eigenvalue weighted by molar-refractivity contribution is 0.0526. The molecule has 2 amide bonds. The fourth-order valence-electron chi connectivity index (χ4n) is 2.24. The van der Waals surface area contributed by atoms with Crippen LogP contribution in [0.2, 0.25) is 0 Å². The Morgan fingerprint density at radius 3 is 2.46 bits per heavy atom. The molecule has 1 aromatic heterocycles. The summed E-state index contributed by atoms with van der Waals surface area (Å²) in [5, 5.41) is 7.80. The third-order valence-corrected chi connectivity index (χ3v) is 4.21. The molecule has 0 atom stereocenters. The molecule has 7 heteroatoms. The summed E-state index contributed by atoms with van der Waals surface area (Å²) in [6.45, 7) is 2.07. The van der Waals surface area contributed by atoms with Crippen LogP contribution >= 0.6 is 11.3 Å². The van der Waals surface area contributed by atoms with Gasteiger partial charge in [-0.3, -0.25) is 5.32 Å². The Hall–Kier alpha value is -3.19. The van der Waals surface area contributed by atoms with E-state index in [-0.39, 0.29) is 5.97 Å². The van der Waals surface area contributed by atoms with Gasteiger partial charge in [-0.05, 0) is 31.2 Å². The molecule has 1 heterocycles. The molecule has 0 saturated heterocycles. The van der Waals surface area contributed by atoms with Crippen molar-refractivity contribution in [3.8, 4) is 11.3 Å². The summed E-state index contributed by atoms with van der Waals surface area (Å²) in [7, 11) is 0. The van der Waals surface area contributed by atoms with Crippen LogP contribution < -0.4 is 10.6 Å². The van der Waals surface area contributed by atoms with Crippen LogP contribution in [0.3, 0.4) is 0 Å². The number of ether oxygens (including phenoxy) is 1. The van der Waals surface area contributed by atoms with Crippen molar-refractivity contribution >= 4 is 34.2 Å². The summed E-state index contributed by atoms with van der Waals surface area (Å²) in [5.74, 6) is -0.389. The number of nitrogens with zero attached hydrogens (tertiary/aromatic N) is 1. The van der Waals surface area contributed by atoms with Crippen molar-refractivity contribution in [2.24, 2.45) is 0 Å². The van der Waals surface area contributed by atoms with E-state index in [1.807, 2.05) is 35.7 Å². The average Bonchev–Trinajstić information content (AvgIpc) is 3.11. The molecular weight excluding hydrogens is 350 g/mol. The summed E-state index contributed by atoms with van der Waals surface area (Å²) in [5.41, 5.74) is 2.80. The van der Waals surface area contributed by atoms with Crippen molar-refractivity contribution in [1.29, 1.82) is 0 Å². The largest absolute Gasteiger partial charge is 0.462 e. The van der Waals surface area contributed by atoms with Crippen LogP contribution in [0.4, 0.5) is 15.6 Å². The molecule has 0 spiro atoms. The molecule has 2 N–H and O–H groups in total. The number of anilines is 2. The molecule has 0 aliphatic heterocycles. The van der Waals surface area contributed by atoms with Gasteiger partial charge in [0.25, 0.3) is 0 Å². The van der Waals surface area contributed by atoms with Crippen LogP contribution in [0.1, 0.15) is 17.3 Å². The molecule has 2 aromatic carbocycles. The van der Waals surface area contributed by atoms with Gasteiger partial charge in [-0.15, -0.1) is 11.3 Å². The summed E-state index contributed by atoms with van der Waals surface area (Å²) >= 11 is 1.35. The third kappa shape index (κ3) is 4.46. The predicted molar refractivity (Wildman–Crippen MR) is 103 cm³/mol. The van der Waals surface area contributed by atoms with Gasteiger partial charge in [-0.25, -0.2) is 14.6 Å². The Labute approximate surface area is 154 Å². The lowest BCUT2D eigenvalue weighted by atomic mass is 10.2. The third-order valence-electron chi connectivity index (χ3n) is 3.45. The molecule has 0 aliphatic carbocycles. The van der Waals surface area contributed by atoms with Gasteiger partial charge >= 0.3 is 12.0 Å². The summed E-state index contributed by atoms with van der Waals surface area (Å²) < 4.78 is 4.92. The number of amides is 2. The zero-order valence-corrected chi connectivity index (χ0v) is 14.9. The lowest BCUT2D eigenvalue weighted by Crippen LogP contribution is -2.19. The lowest BCUT2D eigenvalue weighted by Gasteiger charge is -2.06. The minimum atomic E-state index is -0.400. The zero-order chi connectivity index (χ0) is 18.4. The number of benzene rings is 2. The number of hydrogen-bond acceptors (Lipinski definition) is 5. The van der Waals surface area contributed by atoms with Crippen LogP contribution in [0, 0.1) is 0 Å². The number of hydrogen-bond donors (Lipinski definition) is 2. The van der Waals surface area contributed by atoms with Crippen molar-refractivity contribution in [3.05, 3.63) is 65.5 Å². The van der Waals surface area contributed by atoms with Crippen LogP contribution in [0.25, 0.3) is 11.3 Å². The minimum Gasteiger partial charge on any atom is -0.462 e. The molecule has 0 saturated carbocycles. The first-order valence-corrected chi connectivity index (χ1v) is 8.90. The zero-order valence-electron chi connectivity index (χ0n) is 14.1. The first-order chi connectivity index (χ1) is 12.7. The maximum absolute atomic E-state index is 12.1. The molecule has 3 aromatic rings. The topological polar surface area (TPSA) is 80.3 Å². The minimum absolute atomic E-state index is 0.319. The van der Waals surface area contributed by atoms with E-state index in [9.17, 15) is 9.59 Å². The van der Waals surface area contributed by atoms with E-state index in [0.717, 1.165) is 11.3 Å². The highest BCUT2D eigenvalue weighted by atomic mass is 32.1. The highest BCUT2D eigenvalue weighted by Gasteiger charge is 2.09. The maximum Gasteiger partial charge on any atom is 0.338 e. The van der Waals surface area contributed by atoms with Gasteiger partial charge in [0, 0.05) is 16.6 Å². The molecular formula is C19H17N3O3S. The summed E-state index contributed by atoms with van der Waals surface area (Å²) in [4.78, 5) is 28.1. The van der Waals surface area contributed by atoms with Gasteiger partial charge in [0.05, 0.1) is 17.9 Å². The van der Waals surface area contributed by atoms with Gasteiger partial charge in [0.1, 0.15) is 0 Å². The number of aromatic nitrogens is 1. The smallest absolute Gasteiger partial charge is 0.338 e. The molecule has 0 fully saturated rings. The number of esters is 1. The van der Waals surface area contributed by atoms with E-state index in [0.29, 0.717) is 23.0 Å². The number of nitrogens with one attached hydrogen (secondary N) is 2. The van der Waals surface area contributed by atoms with Crippen LogP contribution in [0.15, 0.2) is 60.0 Å². The average molecular weight is 367 g/mol. The van der Waals surface area contributed by atoms with Gasteiger partial charge in [0.2, 0.25) is 0 Å². The summed E-state index contributed by atoms with van der Waals surface area (Å²) in [6, 6.07) is 15.8. The fraction of sp³-hybridized carbons (Fsp3) is 0.105. The first kappa shape index (κ1) is 17.6. The van der Waals surface area contributed by atoms with Crippen molar-refractivity contribution in [2.45, 2.75) is 6.92 Å². The fourth-order valence-corrected chi connectivity index (χ4v) is 2.95. The van der Waals surface area contributed by atoms with Crippen LogP contribution in [0.5, 0.6) is 0 Å². The van der Waals surface area contributed by atoms with Crippen molar-refractivity contribution in [2.75, 3.05) is 17.2 Å². The SMILES string of the molecule is CCOC(=O)c1ccc(NC(=O)Nc2nc(-c3ccccc3)cs2)cc1. The Morgan fingerprint density at radius 1 is 1.04 bits per heavy atom. The molecule has 6 nitrogen and oxygen atoms in total. The highest BCUT2D eigenvalue weighted by Crippen LogP contribution is 2.24. The molecule has 0 bridgehead atoms. The van der Waals surface area contributed by atoms with E-state index in [2.05, 4.69) is 15.6 Å². The predicted octanol–water partition coefficient (Wildman–Crippen LogP) is 4.63. The number of urea groups is 1. The van der Waals surface area contributed by atoms with E-state index < -0.39 is 6.03 Å². The summed E-state index contributed by atoms with van der Waals surface area (Å²) in [6.07, 6.45) is 0. The monoisotopic (exact) mass is 367 g/mol. The Balaban J connectivity index is 1.59. The van der Waals surface area contributed by atoms with Crippen molar-refractivity contribution in [1.82, 2.24) is 4.98 Å². The Morgan fingerprint density at radius 2 is 1.77 bits per heavy atom. The van der Waals surface area contributed by atoms with Crippen LogP contribution in [-0.4, -0.2) is 23.6 Å². The Bertz CT molecular complexity index is 892. The quantitative estimate of drug-likeness (QED) is 0.644. The molecule has 3 rings (SSSR count). The second-order valence-electron chi connectivity index (χ2n) is 5.28. The van der Waals surface area contributed by atoms with Gasteiger partial charge in [-0.2, -0.15) is 0 Å². The standard InChI is InChI=1S/C19H17N3O3S/c1-2-25-17(23)14-8-10-15(11-9-14)20-18(24)22-19-21-16(12-26-19)13-6-4-3-5-7-13/h3-12H,2H2,1H3,(H2,20,21,22,24). The molecule has 0 unspecified atom stereocenters. The number of carbonyl (C=O) groups excluding carboxylic acids is 2. The van der Waals surface area contributed by atoms with E-state index in [1.165, 1.54) is 11.3 Å². The second-order valence-corrected chi connectivity index (χ2v) is 6.14. The molecule has 0 radical (unpaired) electrons. The number of thiazole rings is 1. The highest BCUT2D eigenvalue weighted by molar-refractivity contribution is 7.14. The van der Waals surface area contributed by atoms with E-state index in [4.69, 9.17) is 4.74 Å². The van der Waals surface area contributed by atoms with Gasteiger partial charge in [0.15, 0.2) is 5.13 Å². The maximum atomic E-state index is 12.1. The van der Waals surface area contributed by atoms with Crippen molar-refractivity contribution in [3.63, 3.8) is 0 Å². The molecule has 132 valence electrons. The number of rotatable bonds is 5. The molecule has 26 heavy (non-hydrogen) atoms. The molecule has 0 aliphatic rings.